The van der Waals surface area contributed by atoms with Crippen LogP contribution in [0.4, 0.5) is 0 Å². The van der Waals surface area contributed by atoms with Crippen molar-refractivity contribution in [1.29, 1.82) is 0 Å². The quantitative estimate of drug-likeness (QED) is 0.247. The third kappa shape index (κ3) is 18.5. The zero-order valence-corrected chi connectivity index (χ0v) is 12.5. The van der Waals surface area contributed by atoms with Crippen molar-refractivity contribution in [1.82, 2.24) is 0 Å². The van der Waals surface area contributed by atoms with Crippen LogP contribution in [0.15, 0.2) is 12.7 Å². The first kappa shape index (κ1) is 17.2. The Hall–Kier alpha value is 0.760. The second kappa shape index (κ2) is 16.2. The number of allylic oxidation sites excluding steroid dienone is 1. The lowest BCUT2D eigenvalue weighted by molar-refractivity contribution is 0.768. The lowest BCUT2D eigenvalue weighted by atomic mass is 10.2. The van der Waals surface area contributed by atoms with Crippen molar-refractivity contribution < 1.29 is 0 Å². The Bertz CT molecular complexity index is 100. The van der Waals surface area contributed by atoms with Crippen molar-refractivity contribution in [3.05, 3.63) is 12.7 Å². The highest BCUT2D eigenvalue weighted by atomic mass is 127. The fourth-order valence-electron chi connectivity index (χ4n) is 0.956. The van der Waals surface area contributed by atoms with Gasteiger partial charge >= 0.3 is 0 Å². The Labute approximate surface area is 109 Å². The van der Waals surface area contributed by atoms with Crippen LogP contribution in [0.2, 0.25) is 0 Å². The molecule has 1 unspecified atom stereocenters. The van der Waals surface area contributed by atoms with Crippen molar-refractivity contribution in [3.8, 4) is 0 Å². The highest BCUT2D eigenvalue weighted by Crippen LogP contribution is 2.12. The lowest BCUT2D eigenvalue weighted by Crippen LogP contribution is -1.92. The van der Waals surface area contributed by atoms with Crippen LogP contribution in [0.1, 0.15) is 52.4 Å². The Morgan fingerprint density at radius 1 is 1.29 bits per heavy atom. The van der Waals surface area contributed by atoms with Crippen LogP contribution >= 0.6 is 34.2 Å². The molecule has 0 amide bonds. The van der Waals surface area contributed by atoms with Crippen LogP contribution < -0.4 is 0 Å². The Kier molecular flexibility index (Phi) is 19.9. The van der Waals surface area contributed by atoms with Crippen LogP contribution in [0.5, 0.6) is 0 Å². The molecule has 14 heavy (non-hydrogen) atoms. The molecule has 0 aromatic rings. The van der Waals surface area contributed by atoms with E-state index in [1.165, 1.54) is 32.1 Å². The largest absolute Gasteiger partial charge is 0.127 e. The van der Waals surface area contributed by atoms with E-state index in [0.29, 0.717) is 0 Å². The highest BCUT2D eigenvalue weighted by molar-refractivity contribution is 14.1. The predicted molar refractivity (Wildman–Crippen MR) is 77.8 cm³/mol. The van der Waals surface area contributed by atoms with Crippen molar-refractivity contribution in [2.75, 3.05) is 5.88 Å². The van der Waals surface area contributed by atoms with Gasteiger partial charge in [0.05, 0.1) is 0 Å². The van der Waals surface area contributed by atoms with Gasteiger partial charge in [-0.15, -0.1) is 18.2 Å². The third-order valence-electron chi connectivity index (χ3n) is 1.76. The van der Waals surface area contributed by atoms with Crippen molar-refractivity contribution in [2.45, 2.75) is 56.3 Å². The van der Waals surface area contributed by atoms with Crippen molar-refractivity contribution in [2.24, 2.45) is 0 Å². The van der Waals surface area contributed by atoms with E-state index in [9.17, 15) is 0 Å². The molecular weight excluding hydrogens is 306 g/mol. The summed E-state index contributed by atoms with van der Waals surface area (Å²) in [5.41, 5.74) is 0. The molecule has 0 heterocycles. The van der Waals surface area contributed by atoms with Crippen LogP contribution in [0.25, 0.3) is 0 Å². The lowest BCUT2D eigenvalue weighted by Gasteiger charge is -2.01. The number of halogens is 2. The first-order valence-electron chi connectivity index (χ1n) is 5.53. The Balaban J connectivity index is 0. The zero-order valence-electron chi connectivity index (χ0n) is 9.57. The first-order valence-corrected chi connectivity index (χ1v) is 7.31. The molecule has 0 aromatic heterocycles. The molecule has 1 atom stereocenters. The van der Waals surface area contributed by atoms with Gasteiger partial charge in [0, 0.05) is 9.80 Å². The fourth-order valence-corrected chi connectivity index (χ4v) is 2.13. The van der Waals surface area contributed by atoms with Gasteiger partial charge in [-0.3, -0.25) is 0 Å². The summed E-state index contributed by atoms with van der Waals surface area (Å²) in [5.74, 6) is 0.827. The number of hydrogen-bond acceptors (Lipinski definition) is 0. The van der Waals surface area contributed by atoms with Gasteiger partial charge in [-0.2, -0.15) is 0 Å². The van der Waals surface area contributed by atoms with E-state index in [0.717, 1.165) is 16.2 Å². The summed E-state index contributed by atoms with van der Waals surface area (Å²) >= 11 is 7.85. The van der Waals surface area contributed by atoms with E-state index >= 15 is 0 Å². The molecule has 0 aliphatic carbocycles. The minimum absolute atomic E-state index is 0.815. The fraction of sp³-hybridized carbons (Fsp3) is 0.833. The maximum Gasteiger partial charge on any atom is 0.0223 e. The van der Waals surface area contributed by atoms with E-state index < -0.39 is 0 Å². The van der Waals surface area contributed by atoms with Crippen molar-refractivity contribution in [3.63, 3.8) is 0 Å². The van der Waals surface area contributed by atoms with E-state index in [-0.39, 0.29) is 0 Å². The molecule has 0 saturated carbocycles. The second-order valence-electron chi connectivity index (χ2n) is 3.31. The SMILES string of the molecule is C=CCC(I)CCC.CCCCCCl. The molecule has 0 spiro atoms. The summed E-state index contributed by atoms with van der Waals surface area (Å²) < 4.78 is 0.815. The summed E-state index contributed by atoms with van der Waals surface area (Å²) in [6.45, 7) is 8.07. The molecule has 0 fully saturated rings. The van der Waals surface area contributed by atoms with Gasteiger partial charge in [-0.05, 0) is 19.3 Å². The molecule has 86 valence electrons. The molecule has 0 saturated heterocycles. The molecule has 0 bridgehead atoms. The summed E-state index contributed by atoms with van der Waals surface area (Å²) in [6.07, 6.45) is 9.50. The number of hydrogen-bond donors (Lipinski definition) is 0. The van der Waals surface area contributed by atoms with Crippen LogP contribution in [-0.2, 0) is 0 Å². The number of unbranched alkanes of at least 4 members (excludes halogenated alkanes) is 2. The van der Waals surface area contributed by atoms with Crippen LogP contribution in [0.3, 0.4) is 0 Å². The average Bonchev–Trinajstić information content (AvgIpc) is 2.16. The van der Waals surface area contributed by atoms with E-state index in [4.69, 9.17) is 11.6 Å². The standard InChI is InChI=1S/C7H13I.C5H11Cl/c1-3-5-7(8)6-4-2;1-2-3-4-5-6/h3,7H,1,4-6H2,2H3;2-5H2,1H3. The van der Waals surface area contributed by atoms with Crippen molar-refractivity contribution >= 4 is 34.2 Å². The minimum atomic E-state index is 0.815. The molecule has 0 N–H and O–H groups in total. The third-order valence-corrected chi connectivity index (χ3v) is 3.16. The van der Waals surface area contributed by atoms with Gasteiger partial charge in [0.25, 0.3) is 0 Å². The summed E-state index contributed by atoms with van der Waals surface area (Å²) in [5, 5.41) is 0. The minimum Gasteiger partial charge on any atom is -0.127 e. The molecule has 0 radical (unpaired) electrons. The van der Waals surface area contributed by atoms with E-state index in [1.54, 1.807) is 0 Å². The van der Waals surface area contributed by atoms with Gasteiger partial charge in [-0.1, -0.05) is 61.8 Å². The van der Waals surface area contributed by atoms with E-state index in [1.807, 2.05) is 6.08 Å². The maximum absolute atomic E-state index is 5.38. The van der Waals surface area contributed by atoms with Crippen LogP contribution in [0, 0.1) is 0 Å². The van der Waals surface area contributed by atoms with Crippen LogP contribution in [-0.4, -0.2) is 9.80 Å². The summed E-state index contributed by atoms with van der Waals surface area (Å²) in [4.78, 5) is 0. The van der Waals surface area contributed by atoms with Gasteiger partial charge in [-0.25, -0.2) is 0 Å². The van der Waals surface area contributed by atoms with Gasteiger partial charge < -0.3 is 0 Å². The maximum atomic E-state index is 5.38. The molecule has 0 nitrogen and oxygen atoms in total. The Morgan fingerprint density at radius 3 is 2.21 bits per heavy atom. The van der Waals surface area contributed by atoms with Gasteiger partial charge in [0.1, 0.15) is 0 Å². The van der Waals surface area contributed by atoms with Gasteiger partial charge in [0.15, 0.2) is 0 Å². The second-order valence-corrected chi connectivity index (χ2v) is 5.45. The van der Waals surface area contributed by atoms with Gasteiger partial charge in [0.2, 0.25) is 0 Å². The summed E-state index contributed by atoms with van der Waals surface area (Å²) in [7, 11) is 0. The smallest absolute Gasteiger partial charge is 0.0223 e. The first-order chi connectivity index (χ1) is 6.72. The average molecular weight is 331 g/mol. The topological polar surface area (TPSA) is 0 Å². The normalized spacial score (nSPS) is 11.4. The number of alkyl halides is 2. The van der Waals surface area contributed by atoms with E-state index in [2.05, 4.69) is 43.0 Å². The monoisotopic (exact) mass is 330 g/mol. The molecule has 0 aliphatic rings. The molecule has 2 heteroatoms. The zero-order chi connectivity index (χ0) is 11.2. The predicted octanol–water partition coefficient (Wildman–Crippen LogP) is 5.58. The summed E-state index contributed by atoms with van der Waals surface area (Å²) in [6, 6.07) is 0. The molecular formula is C12H24ClI. The molecule has 0 rings (SSSR count). The Morgan fingerprint density at radius 2 is 1.93 bits per heavy atom. The molecule has 0 aromatic carbocycles. The number of rotatable bonds is 7. The molecule has 0 aliphatic heterocycles. The highest BCUT2D eigenvalue weighted by Gasteiger charge is 1.96.